The van der Waals surface area contributed by atoms with Gasteiger partial charge in [0.15, 0.2) is 0 Å². The van der Waals surface area contributed by atoms with Gasteiger partial charge < -0.3 is 19.8 Å². The van der Waals surface area contributed by atoms with Crippen LogP contribution in [-0.4, -0.2) is 64.7 Å². The predicted octanol–water partition coefficient (Wildman–Crippen LogP) is 2.07. The number of likely N-dealkylation sites (N-methyl/N-ethyl adjacent to an activating group) is 1. The van der Waals surface area contributed by atoms with Crippen LogP contribution >= 0.6 is 0 Å². The first-order valence-electron chi connectivity index (χ1n) is 10.4. The molecule has 1 amide bonds. The summed E-state index contributed by atoms with van der Waals surface area (Å²) in [7, 11) is 1.93. The number of anilines is 2. The molecule has 154 valence electrons. The van der Waals surface area contributed by atoms with Gasteiger partial charge in [-0.25, -0.2) is 9.97 Å². The van der Waals surface area contributed by atoms with Gasteiger partial charge in [0, 0.05) is 32.7 Å². The molecule has 7 nitrogen and oxygen atoms in total. The molecule has 2 aromatic rings. The number of carbonyl (C=O) groups excluding carboxylic acids is 1. The van der Waals surface area contributed by atoms with Crippen LogP contribution < -0.4 is 9.80 Å². The number of nitrogens with zero attached hydrogens (tertiary/aromatic N) is 5. The highest BCUT2D eigenvalue weighted by molar-refractivity contribution is 5.87. The van der Waals surface area contributed by atoms with Crippen LogP contribution in [0.15, 0.2) is 42.7 Å². The van der Waals surface area contributed by atoms with Crippen LogP contribution in [0.5, 0.6) is 0 Å². The molecule has 0 spiro atoms. The standard InChI is InChI=1S/C22H29N5O2/c1-25(19-10-12-26(22(19)29)14-17-7-3-2-4-8-17)20-13-21(24-16-23-20)27-11-6-5-9-18(27)15-28/h2-4,7-8,13,16,18-19,28H,5-6,9-12,14-15H2,1H3. The molecular weight excluding hydrogens is 366 g/mol. The number of likely N-dealkylation sites (tertiary alicyclic amines) is 1. The molecule has 2 aliphatic rings. The normalized spacial score (nSPS) is 22.2. The van der Waals surface area contributed by atoms with Crippen molar-refractivity contribution in [1.82, 2.24) is 14.9 Å². The van der Waals surface area contributed by atoms with Crippen molar-refractivity contribution >= 4 is 17.5 Å². The van der Waals surface area contributed by atoms with Crippen LogP contribution in [-0.2, 0) is 11.3 Å². The van der Waals surface area contributed by atoms with Gasteiger partial charge in [-0.05, 0) is 31.2 Å². The fraction of sp³-hybridized carbons (Fsp3) is 0.500. The number of hydrogen-bond donors (Lipinski definition) is 1. The minimum Gasteiger partial charge on any atom is -0.394 e. The summed E-state index contributed by atoms with van der Waals surface area (Å²) in [6, 6.07) is 11.9. The van der Waals surface area contributed by atoms with E-state index in [4.69, 9.17) is 0 Å². The molecule has 2 atom stereocenters. The maximum absolute atomic E-state index is 13.0. The van der Waals surface area contributed by atoms with E-state index in [9.17, 15) is 9.90 Å². The Morgan fingerprint density at radius 3 is 2.76 bits per heavy atom. The number of aromatic nitrogens is 2. The molecule has 1 aromatic carbocycles. The zero-order valence-corrected chi connectivity index (χ0v) is 16.9. The molecule has 2 saturated heterocycles. The Balaban J connectivity index is 1.47. The summed E-state index contributed by atoms with van der Waals surface area (Å²) >= 11 is 0. The lowest BCUT2D eigenvalue weighted by molar-refractivity contribution is -0.129. The molecule has 3 heterocycles. The molecular formula is C22H29N5O2. The summed E-state index contributed by atoms with van der Waals surface area (Å²) in [5.74, 6) is 1.71. The highest BCUT2D eigenvalue weighted by Crippen LogP contribution is 2.27. The SMILES string of the molecule is CN(c1cc(N2CCCCC2CO)ncn1)C1CCN(Cc2ccccc2)C1=O. The molecule has 29 heavy (non-hydrogen) atoms. The molecule has 2 unspecified atom stereocenters. The van der Waals surface area contributed by atoms with Crippen molar-refractivity contribution in [1.29, 1.82) is 0 Å². The van der Waals surface area contributed by atoms with Gasteiger partial charge in [-0.15, -0.1) is 0 Å². The second kappa shape index (κ2) is 8.78. The number of carbonyl (C=O) groups is 1. The lowest BCUT2D eigenvalue weighted by Gasteiger charge is -2.36. The molecule has 4 rings (SSSR count). The van der Waals surface area contributed by atoms with Crippen LogP contribution in [0.4, 0.5) is 11.6 Å². The van der Waals surface area contributed by atoms with Gasteiger partial charge in [-0.3, -0.25) is 4.79 Å². The Morgan fingerprint density at radius 2 is 1.97 bits per heavy atom. The smallest absolute Gasteiger partial charge is 0.245 e. The van der Waals surface area contributed by atoms with E-state index in [1.165, 1.54) is 0 Å². The largest absolute Gasteiger partial charge is 0.394 e. The first kappa shape index (κ1) is 19.6. The summed E-state index contributed by atoms with van der Waals surface area (Å²) in [5.41, 5.74) is 1.15. The molecule has 1 N–H and O–H groups in total. The van der Waals surface area contributed by atoms with Gasteiger partial charge in [0.25, 0.3) is 0 Å². The Hall–Kier alpha value is -2.67. The van der Waals surface area contributed by atoms with Crippen molar-refractivity contribution in [2.45, 2.75) is 44.3 Å². The van der Waals surface area contributed by atoms with Crippen molar-refractivity contribution in [2.24, 2.45) is 0 Å². The van der Waals surface area contributed by atoms with E-state index in [0.29, 0.717) is 6.54 Å². The minimum absolute atomic E-state index is 0.103. The van der Waals surface area contributed by atoms with Crippen LogP contribution in [0.1, 0.15) is 31.2 Å². The lowest BCUT2D eigenvalue weighted by atomic mass is 10.0. The molecule has 0 saturated carbocycles. The van der Waals surface area contributed by atoms with E-state index in [1.54, 1.807) is 6.33 Å². The average molecular weight is 396 g/mol. The number of rotatable bonds is 6. The van der Waals surface area contributed by atoms with Gasteiger partial charge in [-0.2, -0.15) is 0 Å². The predicted molar refractivity (Wildman–Crippen MR) is 113 cm³/mol. The first-order valence-corrected chi connectivity index (χ1v) is 10.4. The summed E-state index contributed by atoms with van der Waals surface area (Å²) in [5, 5.41) is 9.71. The molecule has 0 radical (unpaired) electrons. The third-order valence-corrected chi connectivity index (χ3v) is 6.08. The minimum atomic E-state index is -0.212. The Kier molecular flexibility index (Phi) is 5.94. The molecule has 2 fully saturated rings. The summed E-state index contributed by atoms with van der Waals surface area (Å²) in [6.07, 6.45) is 5.55. The van der Waals surface area contributed by atoms with Crippen molar-refractivity contribution in [3.05, 3.63) is 48.3 Å². The lowest BCUT2D eigenvalue weighted by Crippen LogP contribution is -2.43. The van der Waals surface area contributed by atoms with E-state index >= 15 is 0 Å². The third-order valence-electron chi connectivity index (χ3n) is 6.08. The fourth-order valence-corrected chi connectivity index (χ4v) is 4.38. The zero-order valence-electron chi connectivity index (χ0n) is 16.9. The Bertz CT molecular complexity index is 831. The van der Waals surface area contributed by atoms with Gasteiger partial charge in [-0.1, -0.05) is 30.3 Å². The third kappa shape index (κ3) is 4.19. The number of benzene rings is 1. The van der Waals surface area contributed by atoms with Crippen LogP contribution in [0.25, 0.3) is 0 Å². The topological polar surface area (TPSA) is 72.8 Å². The molecule has 1 aromatic heterocycles. The van der Waals surface area contributed by atoms with Crippen LogP contribution in [0, 0.1) is 0 Å². The Morgan fingerprint density at radius 1 is 1.14 bits per heavy atom. The number of aliphatic hydroxyl groups is 1. The molecule has 7 heteroatoms. The quantitative estimate of drug-likeness (QED) is 0.807. The number of piperidine rings is 1. The monoisotopic (exact) mass is 395 g/mol. The van der Waals surface area contributed by atoms with E-state index in [-0.39, 0.29) is 24.6 Å². The van der Waals surface area contributed by atoms with Crippen molar-refractivity contribution in [3.63, 3.8) is 0 Å². The maximum atomic E-state index is 13.0. The number of hydrogen-bond acceptors (Lipinski definition) is 6. The Labute approximate surface area is 172 Å². The van der Waals surface area contributed by atoms with E-state index in [1.807, 2.05) is 41.1 Å². The maximum Gasteiger partial charge on any atom is 0.245 e. The van der Waals surface area contributed by atoms with Crippen LogP contribution in [0.3, 0.4) is 0 Å². The summed E-state index contributed by atoms with van der Waals surface area (Å²) in [4.78, 5) is 27.9. The van der Waals surface area contributed by atoms with Gasteiger partial charge in [0.05, 0.1) is 12.6 Å². The first-order chi connectivity index (χ1) is 14.2. The average Bonchev–Trinajstić information content (AvgIpc) is 3.14. The van der Waals surface area contributed by atoms with Gasteiger partial charge in [0.1, 0.15) is 24.0 Å². The molecule has 0 bridgehead atoms. The van der Waals surface area contributed by atoms with Crippen molar-refractivity contribution in [3.8, 4) is 0 Å². The molecule has 0 aliphatic carbocycles. The van der Waals surface area contributed by atoms with Crippen molar-refractivity contribution in [2.75, 3.05) is 36.5 Å². The number of amides is 1. The zero-order chi connectivity index (χ0) is 20.2. The van der Waals surface area contributed by atoms with Crippen LogP contribution in [0.2, 0.25) is 0 Å². The van der Waals surface area contributed by atoms with E-state index < -0.39 is 0 Å². The fourth-order valence-electron chi connectivity index (χ4n) is 4.38. The van der Waals surface area contributed by atoms with E-state index in [2.05, 4.69) is 27.0 Å². The highest BCUT2D eigenvalue weighted by Gasteiger charge is 2.35. The number of aliphatic hydroxyl groups excluding tert-OH is 1. The van der Waals surface area contributed by atoms with Gasteiger partial charge in [0.2, 0.25) is 5.91 Å². The second-order valence-electron chi connectivity index (χ2n) is 7.92. The highest BCUT2D eigenvalue weighted by atomic mass is 16.3. The summed E-state index contributed by atoms with van der Waals surface area (Å²) < 4.78 is 0. The van der Waals surface area contributed by atoms with Crippen molar-refractivity contribution < 1.29 is 9.90 Å². The van der Waals surface area contributed by atoms with E-state index in [0.717, 1.165) is 56.0 Å². The van der Waals surface area contributed by atoms with Gasteiger partial charge >= 0.3 is 0 Å². The summed E-state index contributed by atoms with van der Waals surface area (Å²) in [6.45, 7) is 2.41. The molecule has 2 aliphatic heterocycles. The second-order valence-corrected chi connectivity index (χ2v) is 7.92.